The van der Waals surface area contributed by atoms with E-state index in [1.54, 1.807) is 0 Å². The zero-order valence-electron chi connectivity index (χ0n) is 9.37. The predicted molar refractivity (Wildman–Crippen MR) is 60.5 cm³/mol. The van der Waals surface area contributed by atoms with Crippen molar-refractivity contribution in [1.29, 1.82) is 0 Å². The first-order chi connectivity index (χ1) is 7.29. The molecule has 1 aliphatic rings. The maximum Gasteiger partial charge on any atom is 0.125 e. The third-order valence-electron chi connectivity index (χ3n) is 3.14. The van der Waals surface area contributed by atoms with Gasteiger partial charge in [-0.25, -0.2) is 9.97 Å². The van der Waals surface area contributed by atoms with Gasteiger partial charge in [-0.2, -0.15) is 0 Å². The van der Waals surface area contributed by atoms with Crippen LogP contribution in [0.1, 0.15) is 55.2 Å². The predicted octanol–water partition coefficient (Wildman–Crippen LogP) is 2.29. The molecular formula is C12H19N3. The van der Waals surface area contributed by atoms with E-state index >= 15 is 0 Å². The number of hydrogen-bond acceptors (Lipinski definition) is 3. The molecule has 0 atom stereocenters. The van der Waals surface area contributed by atoms with Crippen LogP contribution in [0.3, 0.4) is 0 Å². The Hall–Kier alpha value is -0.960. The molecule has 82 valence electrons. The SMILES string of the molecule is Cc1nc(CN)cc(C2CCCCC2)n1. The smallest absolute Gasteiger partial charge is 0.125 e. The highest BCUT2D eigenvalue weighted by Crippen LogP contribution is 2.31. The lowest BCUT2D eigenvalue weighted by atomic mass is 9.86. The Balaban J connectivity index is 2.22. The van der Waals surface area contributed by atoms with Crippen LogP contribution < -0.4 is 5.73 Å². The summed E-state index contributed by atoms with van der Waals surface area (Å²) in [6.07, 6.45) is 6.61. The van der Waals surface area contributed by atoms with E-state index in [-0.39, 0.29) is 0 Å². The summed E-state index contributed by atoms with van der Waals surface area (Å²) < 4.78 is 0. The molecule has 2 N–H and O–H groups in total. The van der Waals surface area contributed by atoms with Crippen molar-refractivity contribution in [3.8, 4) is 0 Å². The lowest BCUT2D eigenvalue weighted by Gasteiger charge is -2.21. The number of aromatic nitrogens is 2. The molecule has 3 heteroatoms. The van der Waals surface area contributed by atoms with Crippen LogP contribution >= 0.6 is 0 Å². The molecule has 1 aromatic rings. The lowest BCUT2D eigenvalue weighted by molar-refractivity contribution is 0.435. The summed E-state index contributed by atoms with van der Waals surface area (Å²) in [7, 11) is 0. The average molecular weight is 205 g/mol. The first-order valence-corrected chi connectivity index (χ1v) is 5.84. The molecule has 0 spiro atoms. The van der Waals surface area contributed by atoms with Gasteiger partial charge in [0.1, 0.15) is 5.82 Å². The van der Waals surface area contributed by atoms with Crippen molar-refractivity contribution in [3.63, 3.8) is 0 Å². The fourth-order valence-corrected chi connectivity index (χ4v) is 2.37. The van der Waals surface area contributed by atoms with Crippen molar-refractivity contribution >= 4 is 0 Å². The van der Waals surface area contributed by atoms with Gasteiger partial charge in [0.15, 0.2) is 0 Å². The quantitative estimate of drug-likeness (QED) is 0.806. The van der Waals surface area contributed by atoms with Crippen molar-refractivity contribution in [2.24, 2.45) is 5.73 Å². The highest BCUT2D eigenvalue weighted by molar-refractivity contribution is 5.15. The van der Waals surface area contributed by atoms with Gasteiger partial charge in [0.05, 0.1) is 5.69 Å². The topological polar surface area (TPSA) is 51.8 Å². The minimum atomic E-state index is 0.517. The lowest BCUT2D eigenvalue weighted by Crippen LogP contribution is -2.10. The average Bonchev–Trinajstić information content (AvgIpc) is 2.29. The van der Waals surface area contributed by atoms with Gasteiger partial charge in [-0.1, -0.05) is 19.3 Å². The molecule has 15 heavy (non-hydrogen) atoms. The molecule has 0 radical (unpaired) electrons. The Kier molecular flexibility index (Phi) is 3.31. The van der Waals surface area contributed by atoms with Crippen molar-refractivity contribution in [1.82, 2.24) is 9.97 Å². The molecule has 0 saturated heterocycles. The van der Waals surface area contributed by atoms with E-state index in [0.29, 0.717) is 12.5 Å². The first kappa shape index (κ1) is 10.6. The molecule has 0 unspecified atom stereocenters. The number of hydrogen-bond donors (Lipinski definition) is 1. The van der Waals surface area contributed by atoms with Crippen LogP contribution in [-0.2, 0) is 6.54 Å². The molecule has 1 saturated carbocycles. The largest absolute Gasteiger partial charge is 0.325 e. The van der Waals surface area contributed by atoms with Crippen molar-refractivity contribution in [2.45, 2.75) is 51.5 Å². The van der Waals surface area contributed by atoms with Crippen LogP contribution in [0.2, 0.25) is 0 Å². The highest BCUT2D eigenvalue weighted by Gasteiger charge is 2.17. The fourth-order valence-electron chi connectivity index (χ4n) is 2.37. The van der Waals surface area contributed by atoms with Crippen LogP contribution in [0.25, 0.3) is 0 Å². The number of nitrogens with two attached hydrogens (primary N) is 1. The minimum absolute atomic E-state index is 0.517. The van der Waals surface area contributed by atoms with E-state index in [1.165, 1.54) is 37.8 Å². The molecule has 1 aromatic heterocycles. The molecule has 0 aromatic carbocycles. The summed E-state index contributed by atoms with van der Waals surface area (Å²) in [6, 6.07) is 2.09. The molecule has 1 heterocycles. The zero-order valence-corrected chi connectivity index (χ0v) is 9.37. The van der Waals surface area contributed by atoms with Gasteiger partial charge in [-0.3, -0.25) is 0 Å². The third kappa shape index (κ3) is 2.53. The number of rotatable bonds is 2. The van der Waals surface area contributed by atoms with Crippen LogP contribution in [-0.4, -0.2) is 9.97 Å². The van der Waals surface area contributed by atoms with Crippen LogP contribution in [0, 0.1) is 6.92 Å². The van der Waals surface area contributed by atoms with Crippen molar-refractivity contribution in [3.05, 3.63) is 23.3 Å². The van der Waals surface area contributed by atoms with Gasteiger partial charge in [0.2, 0.25) is 0 Å². The molecule has 1 fully saturated rings. The second-order valence-corrected chi connectivity index (χ2v) is 4.37. The van der Waals surface area contributed by atoms with E-state index < -0.39 is 0 Å². The van der Waals surface area contributed by atoms with Crippen molar-refractivity contribution in [2.75, 3.05) is 0 Å². The fraction of sp³-hybridized carbons (Fsp3) is 0.667. The second kappa shape index (κ2) is 4.71. The molecule has 3 nitrogen and oxygen atoms in total. The molecule has 2 rings (SSSR count). The maximum atomic E-state index is 5.63. The molecule has 0 aliphatic heterocycles. The maximum absolute atomic E-state index is 5.63. The van der Waals surface area contributed by atoms with E-state index in [0.717, 1.165) is 11.5 Å². The molecule has 0 bridgehead atoms. The summed E-state index contributed by atoms with van der Waals surface area (Å²) in [5.41, 5.74) is 7.81. The van der Waals surface area contributed by atoms with Gasteiger partial charge in [-0.05, 0) is 25.8 Å². The Labute approximate surface area is 91.1 Å². The summed E-state index contributed by atoms with van der Waals surface area (Å²) in [4.78, 5) is 8.85. The second-order valence-electron chi connectivity index (χ2n) is 4.37. The van der Waals surface area contributed by atoms with E-state index in [1.807, 2.05) is 6.92 Å². The standard InChI is InChI=1S/C12H19N3/c1-9-14-11(8-13)7-12(15-9)10-5-3-2-4-6-10/h7,10H,2-6,8,13H2,1H3. The third-order valence-corrected chi connectivity index (χ3v) is 3.14. The van der Waals surface area contributed by atoms with Gasteiger partial charge in [0, 0.05) is 18.2 Å². The summed E-state index contributed by atoms with van der Waals surface area (Å²) in [5, 5.41) is 0. The summed E-state index contributed by atoms with van der Waals surface area (Å²) >= 11 is 0. The summed E-state index contributed by atoms with van der Waals surface area (Å²) in [6.45, 7) is 2.47. The zero-order chi connectivity index (χ0) is 10.7. The van der Waals surface area contributed by atoms with Gasteiger partial charge in [0.25, 0.3) is 0 Å². The highest BCUT2D eigenvalue weighted by atomic mass is 14.9. The Morgan fingerprint density at radius 3 is 2.67 bits per heavy atom. The Morgan fingerprint density at radius 2 is 2.00 bits per heavy atom. The Morgan fingerprint density at radius 1 is 1.27 bits per heavy atom. The number of aryl methyl sites for hydroxylation is 1. The van der Waals surface area contributed by atoms with Crippen LogP contribution in [0.5, 0.6) is 0 Å². The van der Waals surface area contributed by atoms with Gasteiger partial charge in [-0.15, -0.1) is 0 Å². The minimum Gasteiger partial charge on any atom is -0.325 e. The van der Waals surface area contributed by atoms with Crippen LogP contribution in [0.15, 0.2) is 6.07 Å². The number of nitrogens with zero attached hydrogens (tertiary/aromatic N) is 2. The molecule has 0 amide bonds. The van der Waals surface area contributed by atoms with Crippen molar-refractivity contribution < 1.29 is 0 Å². The van der Waals surface area contributed by atoms with Gasteiger partial charge >= 0.3 is 0 Å². The summed E-state index contributed by atoms with van der Waals surface area (Å²) in [5.74, 6) is 1.50. The van der Waals surface area contributed by atoms with E-state index in [2.05, 4.69) is 16.0 Å². The van der Waals surface area contributed by atoms with Gasteiger partial charge < -0.3 is 5.73 Å². The molecule has 1 aliphatic carbocycles. The monoisotopic (exact) mass is 205 g/mol. The van der Waals surface area contributed by atoms with E-state index in [4.69, 9.17) is 5.73 Å². The first-order valence-electron chi connectivity index (χ1n) is 5.84. The van der Waals surface area contributed by atoms with Crippen LogP contribution in [0.4, 0.5) is 0 Å². The molecular weight excluding hydrogens is 186 g/mol. The normalized spacial score (nSPS) is 18.0. The Bertz CT molecular complexity index is 330. The van der Waals surface area contributed by atoms with E-state index in [9.17, 15) is 0 Å².